The monoisotopic (exact) mass is 188 g/mol. The van der Waals surface area contributed by atoms with E-state index in [0.29, 0.717) is 6.54 Å². The molecular formula is C4H7Cl3N2. The van der Waals surface area contributed by atoms with E-state index in [1.54, 1.807) is 0 Å². The van der Waals surface area contributed by atoms with Crippen LogP contribution in [-0.4, -0.2) is 16.2 Å². The molecule has 5 heteroatoms. The molecule has 0 aliphatic rings. The molecule has 0 heterocycles. The summed E-state index contributed by atoms with van der Waals surface area (Å²) in [5, 5.41) is 0. The van der Waals surface area contributed by atoms with Gasteiger partial charge in [0.05, 0.1) is 0 Å². The van der Waals surface area contributed by atoms with E-state index in [0.717, 1.165) is 0 Å². The lowest BCUT2D eigenvalue weighted by molar-refractivity contribution is 1.11. The summed E-state index contributed by atoms with van der Waals surface area (Å²) in [5.41, 5.74) is 5.22. The van der Waals surface area contributed by atoms with Crippen molar-refractivity contribution in [3.8, 4) is 0 Å². The summed E-state index contributed by atoms with van der Waals surface area (Å²) < 4.78 is -1.55. The minimum absolute atomic E-state index is 0.0370. The van der Waals surface area contributed by atoms with Gasteiger partial charge in [-0.25, -0.2) is 0 Å². The molecule has 0 saturated carbocycles. The maximum absolute atomic E-state index is 5.34. The Hall–Kier alpha value is 0.340. The van der Waals surface area contributed by atoms with Gasteiger partial charge in [0.25, 0.3) is 0 Å². The van der Waals surface area contributed by atoms with Crippen molar-refractivity contribution in [2.75, 3.05) is 6.54 Å². The third-order valence-corrected chi connectivity index (χ3v) is 1.20. The summed E-state index contributed by atoms with van der Waals surface area (Å²) in [5.74, 6) is 0.0370. The highest BCUT2D eigenvalue weighted by atomic mass is 35.6. The second-order valence-electron chi connectivity index (χ2n) is 1.36. The maximum Gasteiger partial charge on any atom is 0.247 e. The molecule has 0 rings (SSSR count). The smallest absolute Gasteiger partial charge is 0.247 e. The summed E-state index contributed by atoms with van der Waals surface area (Å²) in [6.45, 7) is 2.34. The lowest BCUT2D eigenvalue weighted by Crippen LogP contribution is -2.28. The molecular weight excluding hydrogens is 182 g/mol. The second kappa shape index (κ2) is 3.49. The van der Waals surface area contributed by atoms with Crippen molar-refractivity contribution in [2.24, 2.45) is 10.7 Å². The highest BCUT2D eigenvalue weighted by Gasteiger charge is 2.24. The maximum atomic E-state index is 5.34. The molecule has 2 N–H and O–H groups in total. The summed E-state index contributed by atoms with van der Waals surface area (Å²) in [6.07, 6.45) is 0. The molecule has 0 atom stereocenters. The van der Waals surface area contributed by atoms with Gasteiger partial charge in [-0.3, -0.25) is 4.99 Å². The molecule has 0 fully saturated rings. The van der Waals surface area contributed by atoms with Crippen LogP contribution in [0.15, 0.2) is 4.99 Å². The van der Waals surface area contributed by atoms with Crippen molar-refractivity contribution in [1.29, 1.82) is 0 Å². The number of halogens is 3. The largest absolute Gasteiger partial charge is 0.384 e. The minimum atomic E-state index is -1.55. The van der Waals surface area contributed by atoms with E-state index in [1.807, 2.05) is 6.92 Å². The molecule has 2 nitrogen and oxygen atoms in total. The molecule has 54 valence electrons. The molecule has 0 aromatic rings. The molecule has 0 saturated heterocycles. The fourth-order valence-corrected chi connectivity index (χ4v) is 0.439. The first-order valence-corrected chi connectivity index (χ1v) is 3.49. The molecule has 9 heavy (non-hydrogen) atoms. The highest BCUT2D eigenvalue weighted by molar-refractivity contribution is 6.76. The van der Waals surface area contributed by atoms with E-state index in [4.69, 9.17) is 40.5 Å². The quantitative estimate of drug-likeness (QED) is 0.381. The van der Waals surface area contributed by atoms with Crippen molar-refractivity contribution < 1.29 is 0 Å². The molecule has 0 unspecified atom stereocenters. The Balaban J connectivity index is 4.03. The van der Waals surface area contributed by atoms with Crippen LogP contribution in [0.25, 0.3) is 0 Å². The lowest BCUT2D eigenvalue weighted by atomic mass is 10.6. The molecule has 0 aromatic heterocycles. The molecule has 0 aliphatic carbocycles. The molecule has 0 aromatic carbocycles. The topological polar surface area (TPSA) is 38.4 Å². The van der Waals surface area contributed by atoms with E-state index in [9.17, 15) is 0 Å². The first kappa shape index (κ1) is 9.34. The van der Waals surface area contributed by atoms with Crippen molar-refractivity contribution in [3.05, 3.63) is 0 Å². The van der Waals surface area contributed by atoms with Crippen molar-refractivity contribution in [1.82, 2.24) is 0 Å². The predicted molar refractivity (Wildman–Crippen MR) is 42.5 cm³/mol. The van der Waals surface area contributed by atoms with Gasteiger partial charge in [-0.05, 0) is 6.92 Å². The predicted octanol–water partition coefficient (Wildman–Crippen LogP) is 1.73. The first-order chi connectivity index (χ1) is 3.98. The SMILES string of the molecule is CCN=C(N)C(Cl)(Cl)Cl. The van der Waals surface area contributed by atoms with E-state index in [2.05, 4.69) is 4.99 Å². The Kier molecular flexibility index (Phi) is 3.63. The van der Waals surface area contributed by atoms with Gasteiger partial charge in [0.2, 0.25) is 3.79 Å². The van der Waals surface area contributed by atoms with Crippen LogP contribution in [0.5, 0.6) is 0 Å². The zero-order valence-electron chi connectivity index (χ0n) is 4.87. The standard InChI is InChI=1S/C4H7Cl3N2/c1-2-9-3(8)4(5,6)7/h2H2,1H3,(H2,8,9). The number of amidine groups is 1. The van der Waals surface area contributed by atoms with Crippen LogP contribution < -0.4 is 5.73 Å². The highest BCUT2D eigenvalue weighted by Crippen LogP contribution is 2.25. The molecule has 0 bridgehead atoms. The van der Waals surface area contributed by atoms with Crippen LogP contribution in [0.2, 0.25) is 0 Å². The third kappa shape index (κ3) is 3.84. The number of nitrogens with two attached hydrogens (primary N) is 1. The van der Waals surface area contributed by atoms with Crippen LogP contribution in [-0.2, 0) is 0 Å². The van der Waals surface area contributed by atoms with Crippen LogP contribution in [0.4, 0.5) is 0 Å². The lowest BCUT2D eigenvalue weighted by Gasteiger charge is -2.08. The van der Waals surface area contributed by atoms with Gasteiger partial charge in [0.15, 0.2) is 0 Å². The molecule has 0 spiro atoms. The number of alkyl halides is 3. The zero-order chi connectivity index (χ0) is 7.49. The normalized spacial score (nSPS) is 14.0. The van der Waals surface area contributed by atoms with E-state index >= 15 is 0 Å². The minimum Gasteiger partial charge on any atom is -0.384 e. The Morgan fingerprint density at radius 2 is 2.00 bits per heavy atom. The van der Waals surface area contributed by atoms with E-state index in [-0.39, 0.29) is 5.84 Å². The zero-order valence-corrected chi connectivity index (χ0v) is 7.13. The van der Waals surface area contributed by atoms with Crippen molar-refractivity contribution in [3.63, 3.8) is 0 Å². The van der Waals surface area contributed by atoms with Gasteiger partial charge < -0.3 is 5.73 Å². The Bertz CT molecular complexity index is 115. The molecule has 0 amide bonds. The van der Waals surface area contributed by atoms with Crippen LogP contribution in [0.3, 0.4) is 0 Å². The van der Waals surface area contributed by atoms with Crippen molar-refractivity contribution >= 4 is 40.6 Å². The fourth-order valence-electron chi connectivity index (χ4n) is 0.260. The number of hydrogen-bond acceptors (Lipinski definition) is 1. The Labute approximate surface area is 69.0 Å². The fraction of sp³-hybridized carbons (Fsp3) is 0.750. The summed E-state index contributed by atoms with van der Waals surface area (Å²) in [7, 11) is 0. The summed E-state index contributed by atoms with van der Waals surface area (Å²) in [6, 6.07) is 0. The third-order valence-electron chi connectivity index (χ3n) is 0.619. The molecule has 0 radical (unpaired) electrons. The van der Waals surface area contributed by atoms with E-state index in [1.165, 1.54) is 0 Å². The summed E-state index contributed by atoms with van der Waals surface area (Å²) in [4.78, 5) is 3.69. The van der Waals surface area contributed by atoms with Gasteiger partial charge >= 0.3 is 0 Å². The van der Waals surface area contributed by atoms with Gasteiger partial charge in [0.1, 0.15) is 5.84 Å². The van der Waals surface area contributed by atoms with E-state index < -0.39 is 3.79 Å². The summed E-state index contributed by atoms with van der Waals surface area (Å²) >= 11 is 16.0. The Morgan fingerprint density at radius 3 is 2.11 bits per heavy atom. The number of nitrogens with zero attached hydrogens (tertiary/aromatic N) is 1. The van der Waals surface area contributed by atoms with Gasteiger partial charge in [-0.1, -0.05) is 34.8 Å². The average Bonchev–Trinajstić information content (AvgIpc) is 1.64. The average molecular weight is 189 g/mol. The van der Waals surface area contributed by atoms with Gasteiger partial charge in [-0.2, -0.15) is 0 Å². The first-order valence-electron chi connectivity index (χ1n) is 2.35. The van der Waals surface area contributed by atoms with Gasteiger partial charge in [-0.15, -0.1) is 0 Å². The number of hydrogen-bond donors (Lipinski definition) is 1. The second-order valence-corrected chi connectivity index (χ2v) is 3.64. The van der Waals surface area contributed by atoms with Crippen LogP contribution >= 0.6 is 34.8 Å². The van der Waals surface area contributed by atoms with Crippen LogP contribution in [0.1, 0.15) is 6.92 Å². The van der Waals surface area contributed by atoms with Crippen LogP contribution in [0, 0.1) is 0 Å². The van der Waals surface area contributed by atoms with Crippen molar-refractivity contribution in [2.45, 2.75) is 10.7 Å². The van der Waals surface area contributed by atoms with Gasteiger partial charge in [0, 0.05) is 6.54 Å². The number of rotatable bonds is 1. The molecule has 0 aliphatic heterocycles. The number of aliphatic imine (C=N–C) groups is 1. The Morgan fingerprint density at radius 1 is 1.56 bits per heavy atom.